The molecule has 0 N–H and O–H groups in total. The second-order valence-electron chi connectivity index (χ2n) is 9.04. The Kier molecular flexibility index (Phi) is 6.46. The van der Waals surface area contributed by atoms with Crippen molar-refractivity contribution in [2.24, 2.45) is 11.8 Å². The fraction of sp³-hybridized carbons (Fsp3) is 0.682. The lowest BCUT2D eigenvalue weighted by Crippen LogP contribution is -2.41. The summed E-state index contributed by atoms with van der Waals surface area (Å²) in [5.74, 6) is 0.123. The van der Waals surface area contributed by atoms with Crippen LogP contribution in [0.15, 0.2) is 18.2 Å². The first-order chi connectivity index (χ1) is 13.5. The van der Waals surface area contributed by atoms with Crippen molar-refractivity contribution in [2.75, 3.05) is 6.61 Å². The SMILES string of the molecule is CCOC(=O)[C@]1(OCc2cc(B3OC(C)(C)C(C)(C)O3)ccc2I)C(CC)[C@@H]1C. The fourth-order valence-corrected chi connectivity index (χ4v) is 4.67. The monoisotopic (exact) mass is 514 g/mol. The smallest absolute Gasteiger partial charge is 0.464 e. The number of benzene rings is 1. The number of halogens is 1. The quantitative estimate of drug-likeness (QED) is 0.312. The minimum atomic E-state index is -0.825. The van der Waals surface area contributed by atoms with Gasteiger partial charge in [0.15, 0.2) is 5.60 Å². The molecule has 3 rings (SSSR count). The number of hydrogen-bond donors (Lipinski definition) is 0. The van der Waals surface area contributed by atoms with Gasteiger partial charge in [-0.25, -0.2) is 4.79 Å². The van der Waals surface area contributed by atoms with E-state index in [0.29, 0.717) is 13.2 Å². The molecule has 0 amide bonds. The van der Waals surface area contributed by atoms with E-state index in [-0.39, 0.29) is 29.0 Å². The zero-order valence-electron chi connectivity index (χ0n) is 18.5. The maximum absolute atomic E-state index is 12.6. The summed E-state index contributed by atoms with van der Waals surface area (Å²) in [7, 11) is -0.419. The van der Waals surface area contributed by atoms with Crippen molar-refractivity contribution in [3.63, 3.8) is 0 Å². The molecule has 0 bridgehead atoms. The lowest BCUT2D eigenvalue weighted by molar-refractivity contribution is -0.163. The number of esters is 1. The second kappa shape index (κ2) is 8.13. The molecule has 0 spiro atoms. The van der Waals surface area contributed by atoms with Crippen LogP contribution in [-0.2, 0) is 30.2 Å². The highest BCUT2D eigenvalue weighted by Crippen LogP contribution is 2.56. The third kappa shape index (κ3) is 4.00. The molecule has 29 heavy (non-hydrogen) atoms. The van der Waals surface area contributed by atoms with E-state index in [9.17, 15) is 4.79 Å². The predicted octanol–water partition coefficient (Wildman–Crippen LogP) is 4.08. The fourth-order valence-electron chi connectivity index (χ4n) is 4.18. The van der Waals surface area contributed by atoms with Gasteiger partial charge in [0.25, 0.3) is 0 Å². The average Bonchev–Trinajstić information content (AvgIpc) is 3.15. The molecule has 1 saturated heterocycles. The van der Waals surface area contributed by atoms with Crippen LogP contribution in [0.2, 0.25) is 0 Å². The zero-order valence-corrected chi connectivity index (χ0v) is 20.7. The second-order valence-corrected chi connectivity index (χ2v) is 10.2. The Bertz CT molecular complexity index is 764. The maximum atomic E-state index is 12.6. The Morgan fingerprint density at radius 3 is 2.31 bits per heavy atom. The lowest BCUT2D eigenvalue weighted by Gasteiger charge is -2.32. The van der Waals surface area contributed by atoms with Crippen LogP contribution in [0.1, 0.15) is 60.5 Å². The van der Waals surface area contributed by atoms with Crippen molar-refractivity contribution >= 4 is 41.1 Å². The molecular formula is C22H32BIO5. The summed E-state index contributed by atoms with van der Waals surface area (Å²) in [6.45, 7) is 14.9. The van der Waals surface area contributed by atoms with Crippen LogP contribution in [0, 0.1) is 15.4 Å². The molecule has 1 aliphatic carbocycles. The van der Waals surface area contributed by atoms with Crippen LogP contribution in [0.25, 0.3) is 0 Å². The van der Waals surface area contributed by atoms with E-state index in [0.717, 1.165) is 21.0 Å². The highest BCUT2D eigenvalue weighted by atomic mass is 127. The molecule has 1 heterocycles. The largest absolute Gasteiger partial charge is 0.494 e. The summed E-state index contributed by atoms with van der Waals surface area (Å²) in [5.41, 5.74) is 0.388. The van der Waals surface area contributed by atoms with E-state index < -0.39 is 12.7 Å². The molecule has 3 atom stereocenters. The van der Waals surface area contributed by atoms with Crippen LogP contribution < -0.4 is 5.46 Å². The van der Waals surface area contributed by atoms with Gasteiger partial charge in [-0.3, -0.25) is 0 Å². The molecule has 0 aromatic heterocycles. The van der Waals surface area contributed by atoms with Crippen molar-refractivity contribution in [1.82, 2.24) is 0 Å². The summed E-state index contributed by atoms with van der Waals surface area (Å²) >= 11 is 2.30. The molecule has 2 aliphatic rings. The highest BCUT2D eigenvalue weighted by molar-refractivity contribution is 14.1. The van der Waals surface area contributed by atoms with E-state index in [2.05, 4.69) is 42.5 Å². The van der Waals surface area contributed by atoms with Gasteiger partial charge < -0.3 is 18.8 Å². The van der Waals surface area contributed by atoms with Crippen molar-refractivity contribution in [1.29, 1.82) is 0 Å². The van der Waals surface area contributed by atoms with Gasteiger partial charge in [-0.15, -0.1) is 0 Å². The number of rotatable bonds is 7. The standard InChI is InChI=1S/C22H32BIO5/c1-8-17-14(3)22(17,19(25)26-9-2)27-13-15-12-16(10-11-18(15)24)23-28-20(4,5)21(6,7)29-23/h10-12,14,17H,8-9,13H2,1-7H3/t14-,17?,22+/m0/s1. The molecule has 7 heteroatoms. The molecule has 1 aromatic rings. The molecule has 160 valence electrons. The van der Waals surface area contributed by atoms with Gasteiger partial charge in [-0.1, -0.05) is 26.0 Å². The molecule has 5 nitrogen and oxygen atoms in total. The summed E-state index contributed by atoms with van der Waals surface area (Å²) in [6, 6.07) is 6.14. The third-order valence-electron chi connectivity index (χ3n) is 6.82. The average molecular weight is 514 g/mol. The Morgan fingerprint density at radius 1 is 1.17 bits per heavy atom. The third-order valence-corrected chi connectivity index (χ3v) is 7.87. The molecule has 2 fully saturated rings. The van der Waals surface area contributed by atoms with Crippen LogP contribution in [0.4, 0.5) is 0 Å². The summed E-state index contributed by atoms with van der Waals surface area (Å²) in [5, 5.41) is 0. The van der Waals surface area contributed by atoms with E-state index >= 15 is 0 Å². The minimum absolute atomic E-state index is 0.162. The molecular weight excluding hydrogens is 482 g/mol. The molecule has 1 unspecified atom stereocenters. The van der Waals surface area contributed by atoms with E-state index in [1.54, 1.807) is 0 Å². The first kappa shape index (κ1) is 23.0. The lowest BCUT2D eigenvalue weighted by atomic mass is 9.78. The number of carbonyl (C=O) groups excluding carboxylic acids is 1. The van der Waals surface area contributed by atoms with Gasteiger partial charge in [-0.2, -0.15) is 0 Å². The number of hydrogen-bond acceptors (Lipinski definition) is 5. The number of ether oxygens (including phenoxy) is 2. The zero-order chi connectivity index (χ0) is 21.6. The summed E-state index contributed by atoms with van der Waals surface area (Å²) in [6.07, 6.45) is 0.894. The summed E-state index contributed by atoms with van der Waals surface area (Å²) < 4.78 is 25.1. The molecule has 1 saturated carbocycles. The van der Waals surface area contributed by atoms with Gasteiger partial charge in [0.1, 0.15) is 0 Å². The number of carbonyl (C=O) groups is 1. The van der Waals surface area contributed by atoms with Gasteiger partial charge in [-0.05, 0) is 80.7 Å². The molecule has 1 aromatic carbocycles. The van der Waals surface area contributed by atoms with E-state index in [4.69, 9.17) is 18.8 Å². The van der Waals surface area contributed by atoms with Gasteiger partial charge in [0.05, 0.1) is 24.4 Å². The summed E-state index contributed by atoms with van der Waals surface area (Å²) in [4.78, 5) is 12.6. The van der Waals surface area contributed by atoms with E-state index in [1.165, 1.54) is 0 Å². The van der Waals surface area contributed by atoms with Crippen molar-refractivity contribution in [2.45, 2.75) is 78.3 Å². The molecule has 0 radical (unpaired) electrons. The van der Waals surface area contributed by atoms with Gasteiger partial charge >= 0.3 is 13.1 Å². The van der Waals surface area contributed by atoms with Crippen LogP contribution in [0.5, 0.6) is 0 Å². The van der Waals surface area contributed by atoms with Crippen molar-refractivity contribution in [3.8, 4) is 0 Å². The first-order valence-electron chi connectivity index (χ1n) is 10.4. The Labute approximate surface area is 188 Å². The van der Waals surface area contributed by atoms with Gasteiger partial charge in [0.2, 0.25) is 0 Å². The molecule has 1 aliphatic heterocycles. The van der Waals surface area contributed by atoms with Crippen molar-refractivity contribution in [3.05, 3.63) is 27.3 Å². The van der Waals surface area contributed by atoms with Crippen molar-refractivity contribution < 1.29 is 23.6 Å². The minimum Gasteiger partial charge on any atom is -0.464 e. The maximum Gasteiger partial charge on any atom is 0.494 e. The normalized spacial score (nSPS) is 29.7. The van der Waals surface area contributed by atoms with Crippen LogP contribution >= 0.6 is 22.6 Å². The Balaban J connectivity index is 1.78. The predicted molar refractivity (Wildman–Crippen MR) is 122 cm³/mol. The van der Waals surface area contributed by atoms with Gasteiger partial charge in [0, 0.05) is 15.4 Å². The highest BCUT2D eigenvalue weighted by Gasteiger charge is 2.68. The van der Waals surface area contributed by atoms with Crippen LogP contribution in [-0.4, -0.2) is 36.5 Å². The van der Waals surface area contributed by atoms with E-state index in [1.807, 2.05) is 46.8 Å². The van der Waals surface area contributed by atoms with Crippen LogP contribution in [0.3, 0.4) is 0 Å². The Morgan fingerprint density at radius 2 is 1.79 bits per heavy atom. The topological polar surface area (TPSA) is 54.0 Å². The first-order valence-corrected chi connectivity index (χ1v) is 11.5. The Hall–Kier alpha value is -0.635.